The largest absolute Gasteiger partial charge is 0.379 e. The molecular formula is C21H30N4O4. The summed E-state index contributed by atoms with van der Waals surface area (Å²) in [7, 11) is 0. The highest BCUT2D eigenvalue weighted by molar-refractivity contribution is 6.08. The van der Waals surface area contributed by atoms with E-state index in [1.807, 2.05) is 13.8 Å². The van der Waals surface area contributed by atoms with Crippen LogP contribution in [0, 0.1) is 6.92 Å². The molecule has 2 aliphatic heterocycles. The van der Waals surface area contributed by atoms with Crippen LogP contribution in [0.3, 0.4) is 0 Å². The quantitative estimate of drug-likeness (QED) is 0.669. The van der Waals surface area contributed by atoms with E-state index >= 15 is 0 Å². The van der Waals surface area contributed by atoms with Crippen molar-refractivity contribution in [1.29, 1.82) is 0 Å². The normalized spacial score (nSPS) is 23.8. The second kappa shape index (κ2) is 8.92. The number of hydrogen-bond acceptors (Lipinski definition) is 5. The molecule has 2 aliphatic rings. The second-order valence-electron chi connectivity index (χ2n) is 7.89. The van der Waals surface area contributed by atoms with E-state index < -0.39 is 11.6 Å². The van der Waals surface area contributed by atoms with E-state index in [0.29, 0.717) is 26.2 Å². The van der Waals surface area contributed by atoms with Gasteiger partial charge in [0.1, 0.15) is 12.1 Å². The van der Waals surface area contributed by atoms with Crippen molar-refractivity contribution in [2.45, 2.75) is 38.8 Å². The average Bonchev–Trinajstić information content (AvgIpc) is 2.94. The minimum absolute atomic E-state index is 0.00691. The number of benzene rings is 1. The van der Waals surface area contributed by atoms with Crippen LogP contribution in [0.1, 0.15) is 37.4 Å². The molecular weight excluding hydrogens is 372 g/mol. The standard InChI is InChI=1S/C21H30N4O4/c1-4-21(3)19(27)25(20(28)23-21)14-18(26)22-13-17(24-9-11-29-12-10-24)16-7-5-15(2)6-8-16/h5-8,17H,4,9-14H2,1-3H3,(H,22,26)(H,23,28)/t17-,21-/m1/s1. The summed E-state index contributed by atoms with van der Waals surface area (Å²) in [5.74, 6) is -0.706. The Bertz CT molecular complexity index is 760. The molecule has 0 spiro atoms. The first-order valence-electron chi connectivity index (χ1n) is 10.1. The van der Waals surface area contributed by atoms with Gasteiger partial charge in [-0.3, -0.25) is 19.4 Å². The number of carbonyl (C=O) groups is 3. The van der Waals surface area contributed by atoms with Gasteiger partial charge in [0.25, 0.3) is 5.91 Å². The van der Waals surface area contributed by atoms with Crippen molar-refractivity contribution >= 4 is 17.8 Å². The lowest BCUT2D eigenvalue weighted by Gasteiger charge is -2.35. The molecule has 8 nitrogen and oxygen atoms in total. The van der Waals surface area contributed by atoms with Gasteiger partial charge >= 0.3 is 6.03 Å². The summed E-state index contributed by atoms with van der Waals surface area (Å²) in [6.07, 6.45) is 0.474. The van der Waals surface area contributed by atoms with Gasteiger partial charge in [-0.05, 0) is 25.8 Å². The first-order valence-corrected chi connectivity index (χ1v) is 10.1. The zero-order valence-corrected chi connectivity index (χ0v) is 17.4. The molecule has 3 rings (SSSR count). The van der Waals surface area contributed by atoms with Gasteiger partial charge in [-0.25, -0.2) is 4.79 Å². The van der Waals surface area contributed by atoms with E-state index in [1.54, 1.807) is 6.92 Å². The molecule has 1 aromatic rings. The maximum atomic E-state index is 12.5. The van der Waals surface area contributed by atoms with Crippen LogP contribution in [-0.4, -0.2) is 72.6 Å². The predicted molar refractivity (Wildman–Crippen MR) is 108 cm³/mol. The van der Waals surface area contributed by atoms with Crippen molar-refractivity contribution in [2.75, 3.05) is 39.4 Å². The van der Waals surface area contributed by atoms with Gasteiger partial charge in [-0.15, -0.1) is 0 Å². The first kappa shape index (κ1) is 21.3. The fraction of sp³-hybridized carbons (Fsp3) is 0.571. The number of urea groups is 1. The van der Waals surface area contributed by atoms with Crippen molar-refractivity contribution in [3.63, 3.8) is 0 Å². The third kappa shape index (κ3) is 4.76. The maximum Gasteiger partial charge on any atom is 0.325 e. The van der Waals surface area contributed by atoms with Crippen LogP contribution in [0.4, 0.5) is 4.79 Å². The highest BCUT2D eigenvalue weighted by Gasteiger charge is 2.47. The number of nitrogens with one attached hydrogen (secondary N) is 2. The number of morpholine rings is 1. The molecule has 0 bridgehead atoms. The number of ether oxygens (including phenoxy) is 1. The number of aryl methyl sites for hydroxylation is 1. The molecule has 2 atom stereocenters. The van der Waals surface area contributed by atoms with E-state index in [0.717, 1.165) is 23.6 Å². The summed E-state index contributed by atoms with van der Waals surface area (Å²) < 4.78 is 5.46. The number of amides is 4. The molecule has 0 aliphatic carbocycles. The highest BCUT2D eigenvalue weighted by Crippen LogP contribution is 2.23. The van der Waals surface area contributed by atoms with Gasteiger partial charge in [0.2, 0.25) is 5.91 Å². The number of carbonyl (C=O) groups excluding carboxylic acids is 3. The Labute approximate surface area is 171 Å². The van der Waals surface area contributed by atoms with Crippen molar-refractivity contribution in [1.82, 2.24) is 20.4 Å². The third-order valence-electron chi connectivity index (χ3n) is 5.80. The molecule has 2 heterocycles. The molecule has 158 valence electrons. The van der Waals surface area contributed by atoms with Crippen molar-refractivity contribution < 1.29 is 19.1 Å². The Morgan fingerprint density at radius 2 is 1.90 bits per heavy atom. The van der Waals surface area contributed by atoms with E-state index in [4.69, 9.17) is 4.74 Å². The fourth-order valence-electron chi connectivity index (χ4n) is 3.68. The maximum absolute atomic E-state index is 12.5. The smallest absolute Gasteiger partial charge is 0.325 e. The average molecular weight is 402 g/mol. The van der Waals surface area contributed by atoms with Crippen LogP contribution >= 0.6 is 0 Å². The minimum Gasteiger partial charge on any atom is -0.379 e. The lowest BCUT2D eigenvalue weighted by molar-refractivity contribution is -0.134. The lowest BCUT2D eigenvalue weighted by Crippen LogP contribution is -2.47. The van der Waals surface area contributed by atoms with Gasteiger partial charge in [-0.2, -0.15) is 0 Å². The fourth-order valence-corrected chi connectivity index (χ4v) is 3.68. The Hall–Kier alpha value is -2.45. The molecule has 8 heteroatoms. The Balaban J connectivity index is 1.64. The molecule has 0 aromatic heterocycles. The summed E-state index contributed by atoms with van der Waals surface area (Å²) in [5.41, 5.74) is 1.36. The van der Waals surface area contributed by atoms with Crippen molar-refractivity contribution in [3.05, 3.63) is 35.4 Å². The van der Waals surface area contributed by atoms with Crippen LogP contribution < -0.4 is 10.6 Å². The Morgan fingerprint density at radius 1 is 1.24 bits per heavy atom. The monoisotopic (exact) mass is 402 g/mol. The van der Waals surface area contributed by atoms with Crippen LogP contribution in [0.5, 0.6) is 0 Å². The summed E-state index contributed by atoms with van der Waals surface area (Å²) in [6.45, 7) is 8.57. The molecule has 29 heavy (non-hydrogen) atoms. The number of nitrogens with zero attached hydrogens (tertiary/aromatic N) is 2. The predicted octanol–water partition coefficient (Wildman–Crippen LogP) is 1.21. The summed E-state index contributed by atoms with van der Waals surface area (Å²) in [5, 5.41) is 5.58. The first-order chi connectivity index (χ1) is 13.8. The molecule has 4 amide bonds. The second-order valence-corrected chi connectivity index (χ2v) is 7.89. The van der Waals surface area contributed by atoms with Gasteiger partial charge in [0.05, 0.1) is 19.3 Å². The van der Waals surface area contributed by atoms with E-state index in [2.05, 4.69) is 39.8 Å². The molecule has 0 unspecified atom stereocenters. The van der Waals surface area contributed by atoms with Gasteiger partial charge in [-0.1, -0.05) is 36.8 Å². The number of hydrogen-bond donors (Lipinski definition) is 2. The Morgan fingerprint density at radius 3 is 2.48 bits per heavy atom. The van der Waals surface area contributed by atoms with E-state index in [1.165, 1.54) is 5.56 Å². The molecule has 2 saturated heterocycles. The zero-order chi connectivity index (χ0) is 21.0. The van der Waals surface area contributed by atoms with Crippen LogP contribution in [0.15, 0.2) is 24.3 Å². The number of imide groups is 1. The van der Waals surface area contributed by atoms with E-state index in [9.17, 15) is 14.4 Å². The van der Waals surface area contributed by atoms with Gasteiger partial charge in [0.15, 0.2) is 0 Å². The highest BCUT2D eigenvalue weighted by atomic mass is 16.5. The summed E-state index contributed by atoms with van der Waals surface area (Å²) in [6, 6.07) is 7.76. The SMILES string of the molecule is CC[C@@]1(C)NC(=O)N(CC(=O)NC[C@H](c2ccc(C)cc2)N2CCOCC2)C1=O. The zero-order valence-electron chi connectivity index (χ0n) is 17.4. The van der Waals surface area contributed by atoms with Crippen LogP contribution in [-0.2, 0) is 14.3 Å². The summed E-state index contributed by atoms with van der Waals surface area (Å²) in [4.78, 5) is 40.4. The van der Waals surface area contributed by atoms with Crippen molar-refractivity contribution in [3.8, 4) is 0 Å². The number of rotatable bonds is 7. The van der Waals surface area contributed by atoms with E-state index in [-0.39, 0.29) is 24.4 Å². The van der Waals surface area contributed by atoms with Gasteiger partial charge in [0, 0.05) is 19.6 Å². The van der Waals surface area contributed by atoms with Crippen molar-refractivity contribution in [2.24, 2.45) is 0 Å². The minimum atomic E-state index is -0.935. The Kier molecular flexibility index (Phi) is 6.54. The third-order valence-corrected chi connectivity index (χ3v) is 5.80. The van der Waals surface area contributed by atoms with Gasteiger partial charge < -0.3 is 15.4 Å². The molecule has 1 aromatic carbocycles. The van der Waals surface area contributed by atoms with Crippen LogP contribution in [0.25, 0.3) is 0 Å². The lowest BCUT2D eigenvalue weighted by atomic mass is 9.99. The molecule has 0 saturated carbocycles. The van der Waals surface area contributed by atoms with Crippen LogP contribution in [0.2, 0.25) is 0 Å². The topological polar surface area (TPSA) is 91.0 Å². The molecule has 2 N–H and O–H groups in total. The molecule has 2 fully saturated rings. The summed E-state index contributed by atoms with van der Waals surface area (Å²) >= 11 is 0. The molecule has 0 radical (unpaired) electrons.